The van der Waals surface area contributed by atoms with Crippen molar-refractivity contribution in [1.29, 1.82) is 0 Å². The lowest BCUT2D eigenvalue weighted by Gasteiger charge is -2.24. The molecule has 0 saturated heterocycles. The number of halogens is 1. The molecule has 0 unspecified atom stereocenters. The summed E-state index contributed by atoms with van der Waals surface area (Å²) in [6, 6.07) is 24.4. The lowest BCUT2D eigenvalue weighted by Crippen LogP contribution is -2.34. The van der Waals surface area contributed by atoms with Crippen molar-refractivity contribution in [3.05, 3.63) is 95.0 Å². The highest BCUT2D eigenvalue weighted by molar-refractivity contribution is 6.32. The molecule has 2 atom stereocenters. The first kappa shape index (κ1) is 19.9. The Balaban J connectivity index is 1.82. The van der Waals surface area contributed by atoms with Gasteiger partial charge in [0.1, 0.15) is 11.8 Å². The van der Waals surface area contributed by atoms with Crippen LogP contribution < -0.4 is 15.4 Å². The van der Waals surface area contributed by atoms with Gasteiger partial charge >= 0.3 is 0 Å². The molecule has 0 aliphatic heterocycles. The van der Waals surface area contributed by atoms with Crippen LogP contribution in [0.2, 0.25) is 5.02 Å². The highest BCUT2D eigenvalue weighted by atomic mass is 35.5. The number of carbonyl (C=O) groups excluding carboxylic acids is 1. The van der Waals surface area contributed by atoms with E-state index in [0.29, 0.717) is 16.5 Å². The molecule has 2 N–H and O–H groups in total. The molecule has 5 heteroatoms. The topological polar surface area (TPSA) is 50.4 Å². The summed E-state index contributed by atoms with van der Waals surface area (Å²) < 4.78 is 5.17. The van der Waals surface area contributed by atoms with Gasteiger partial charge in [-0.3, -0.25) is 10.1 Å². The van der Waals surface area contributed by atoms with Crippen LogP contribution in [0.5, 0.6) is 5.75 Å². The maximum atomic E-state index is 13.1. The second kappa shape index (κ2) is 9.40. The van der Waals surface area contributed by atoms with Crippen molar-refractivity contribution in [2.24, 2.45) is 0 Å². The zero-order valence-electron chi connectivity index (χ0n) is 15.9. The van der Waals surface area contributed by atoms with Crippen LogP contribution in [-0.2, 0) is 4.79 Å². The Morgan fingerprint density at radius 1 is 0.929 bits per heavy atom. The smallest absolute Gasteiger partial charge is 0.246 e. The lowest BCUT2D eigenvalue weighted by atomic mass is 10.0. The molecule has 4 nitrogen and oxygen atoms in total. The number of anilines is 1. The van der Waals surface area contributed by atoms with Crippen LogP contribution in [0.1, 0.15) is 30.1 Å². The predicted molar refractivity (Wildman–Crippen MR) is 114 cm³/mol. The second-order valence-electron chi connectivity index (χ2n) is 6.48. The van der Waals surface area contributed by atoms with Crippen molar-refractivity contribution < 1.29 is 9.53 Å². The number of hydrogen-bond acceptors (Lipinski definition) is 3. The van der Waals surface area contributed by atoms with Gasteiger partial charge in [-0.05, 0) is 36.2 Å². The van der Waals surface area contributed by atoms with E-state index in [2.05, 4.69) is 10.6 Å². The maximum absolute atomic E-state index is 13.1. The molecule has 3 aromatic rings. The summed E-state index contributed by atoms with van der Waals surface area (Å²) in [5.74, 6) is 0.408. The van der Waals surface area contributed by atoms with E-state index < -0.39 is 6.04 Å². The van der Waals surface area contributed by atoms with Gasteiger partial charge in [0, 0.05) is 11.7 Å². The van der Waals surface area contributed by atoms with Gasteiger partial charge in [0.15, 0.2) is 0 Å². The quantitative estimate of drug-likeness (QED) is 0.565. The van der Waals surface area contributed by atoms with Gasteiger partial charge in [-0.25, -0.2) is 0 Å². The minimum Gasteiger partial charge on any atom is -0.495 e. The Labute approximate surface area is 170 Å². The van der Waals surface area contributed by atoms with Gasteiger partial charge in [0.05, 0.1) is 12.1 Å². The number of hydrogen-bond donors (Lipinski definition) is 2. The van der Waals surface area contributed by atoms with E-state index in [-0.39, 0.29) is 11.9 Å². The van der Waals surface area contributed by atoms with Crippen molar-refractivity contribution in [2.45, 2.75) is 19.0 Å². The SMILES string of the molecule is COc1ccc(NC(=O)[C@@H](N[C@@H](C)c2ccccc2)c2ccccc2)cc1Cl. The fourth-order valence-corrected chi connectivity index (χ4v) is 3.27. The lowest BCUT2D eigenvalue weighted by molar-refractivity contribution is -0.118. The van der Waals surface area contributed by atoms with Gasteiger partial charge in [-0.15, -0.1) is 0 Å². The number of benzene rings is 3. The average Bonchev–Trinajstić information content (AvgIpc) is 2.73. The predicted octanol–water partition coefficient (Wildman–Crippen LogP) is 5.38. The van der Waals surface area contributed by atoms with Crippen LogP contribution in [-0.4, -0.2) is 13.0 Å². The Bertz CT molecular complexity index is 916. The minimum absolute atomic E-state index is 0.00314. The van der Waals surface area contributed by atoms with Crippen LogP contribution in [0.25, 0.3) is 0 Å². The third-order valence-corrected chi connectivity index (χ3v) is 4.83. The maximum Gasteiger partial charge on any atom is 0.246 e. The van der Waals surface area contributed by atoms with Crippen LogP contribution >= 0.6 is 11.6 Å². The molecule has 1 amide bonds. The standard InChI is InChI=1S/C23H23ClN2O2/c1-16(17-9-5-3-6-10-17)25-22(18-11-7-4-8-12-18)23(27)26-19-13-14-21(28-2)20(24)15-19/h3-16,22,25H,1-2H3,(H,26,27)/t16-,22-/m0/s1. The highest BCUT2D eigenvalue weighted by Crippen LogP contribution is 2.28. The third-order valence-electron chi connectivity index (χ3n) is 4.53. The molecular formula is C23H23ClN2O2. The van der Waals surface area contributed by atoms with E-state index in [1.807, 2.05) is 67.6 Å². The van der Waals surface area contributed by atoms with E-state index in [4.69, 9.17) is 16.3 Å². The first-order chi connectivity index (χ1) is 13.6. The molecular weight excluding hydrogens is 372 g/mol. The van der Waals surface area contributed by atoms with Crippen molar-refractivity contribution in [1.82, 2.24) is 5.32 Å². The molecule has 0 aliphatic carbocycles. The summed E-state index contributed by atoms with van der Waals surface area (Å²) in [5, 5.41) is 6.83. The fraction of sp³-hybridized carbons (Fsp3) is 0.174. The van der Waals surface area contributed by atoms with Crippen LogP contribution in [0, 0.1) is 0 Å². The number of methoxy groups -OCH3 is 1. The zero-order valence-corrected chi connectivity index (χ0v) is 16.6. The van der Waals surface area contributed by atoms with E-state index >= 15 is 0 Å². The monoisotopic (exact) mass is 394 g/mol. The molecule has 0 fully saturated rings. The fourth-order valence-electron chi connectivity index (χ4n) is 3.02. The molecule has 0 spiro atoms. The first-order valence-electron chi connectivity index (χ1n) is 9.09. The second-order valence-corrected chi connectivity index (χ2v) is 6.89. The largest absolute Gasteiger partial charge is 0.495 e. The molecule has 28 heavy (non-hydrogen) atoms. The molecule has 0 aliphatic rings. The summed E-state index contributed by atoms with van der Waals surface area (Å²) in [5.41, 5.74) is 2.62. The molecule has 144 valence electrons. The van der Waals surface area contributed by atoms with E-state index in [1.54, 1.807) is 25.3 Å². The van der Waals surface area contributed by atoms with Crippen molar-refractivity contribution in [2.75, 3.05) is 12.4 Å². The van der Waals surface area contributed by atoms with Crippen molar-refractivity contribution >= 4 is 23.2 Å². The van der Waals surface area contributed by atoms with Gasteiger partial charge in [-0.1, -0.05) is 72.3 Å². The minimum atomic E-state index is -0.516. The molecule has 0 aromatic heterocycles. The van der Waals surface area contributed by atoms with Gasteiger partial charge in [0.25, 0.3) is 0 Å². The van der Waals surface area contributed by atoms with E-state index in [0.717, 1.165) is 11.1 Å². The molecule has 0 bridgehead atoms. The number of nitrogens with one attached hydrogen (secondary N) is 2. The highest BCUT2D eigenvalue weighted by Gasteiger charge is 2.23. The van der Waals surface area contributed by atoms with Crippen LogP contribution in [0.15, 0.2) is 78.9 Å². The summed E-state index contributed by atoms with van der Waals surface area (Å²) in [7, 11) is 1.56. The average molecular weight is 395 g/mol. The molecule has 3 rings (SSSR count). The normalized spacial score (nSPS) is 12.8. The number of amides is 1. The number of rotatable bonds is 7. The molecule has 0 saturated carbocycles. The summed E-state index contributed by atoms with van der Waals surface area (Å²) in [6.07, 6.45) is 0. The Hall–Kier alpha value is -2.82. The van der Waals surface area contributed by atoms with Crippen molar-refractivity contribution in [3.8, 4) is 5.75 Å². The third kappa shape index (κ3) is 4.91. The summed E-state index contributed by atoms with van der Waals surface area (Å²) in [6.45, 7) is 2.04. The van der Waals surface area contributed by atoms with Crippen LogP contribution in [0.4, 0.5) is 5.69 Å². The Kier molecular flexibility index (Phi) is 6.69. The molecule has 3 aromatic carbocycles. The summed E-state index contributed by atoms with van der Waals surface area (Å²) >= 11 is 6.18. The van der Waals surface area contributed by atoms with Crippen molar-refractivity contribution in [3.63, 3.8) is 0 Å². The molecule has 0 heterocycles. The Morgan fingerprint density at radius 3 is 2.11 bits per heavy atom. The molecule has 0 radical (unpaired) electrons. The number of ether oxygens (including phenoxy) is 1. The zero-order chi connectivity index (χ0) is 19.9. The van der Waals surface area contributed by atoms with Gasteiger partial charge in [-0.2, -0.15) is 0 Å². The van der Waals surface area contributed by atoms with E-state index in [1.165, 1.54) is 0 Å². The Morgan fingerprint density at radius 2 is 1.54 bits per heavy atom. The van der Waals surface area contributed by atoms with E-state index in [9.17, 15) is 4.79 Å². The number of carbonyl (C=O) groups is 1. The van der Waals surface area contributed by atoms with Gasteiger partial charge in [0.2, 0.25) is 5.91 Å². The van der Waals surface area contributed by atoms with Crippen LogP contribution in [0.3, 0.4) is 0 Å². The van der Waals surface area contributed by atoms with Gasteiger partial charge < -0.3 is 10.1 Å². The first-order valence-corrected chi connectivity index (χ1v) is 9.46. The summed E-state index contributed by atoms with van der Waals surface area (Å²) in [4.78, 5) is 13.1.